The van der Waals surface area contributed by atoms with E-state index in [0.717, 1.165) is 17.2 Å². The molecular weight excluding hydrogens is 290 g/mol. The van der Waals surface area contributed by atoms with Crippen LogP contribution in [0.5, 0.6) is 0 Å². The summed E-state index contributed by atoms with van der Waals surface area (Å²) in [6, 6.07) is 13.6. The summed E-state index contributed by atoms with van der Waals surface area (Å²) in [6.07, 6.45) is 4.61. The summed E-state index contributed by atoms with van der Waals surface area (Å²) in [5, 5.41) is 16.4. The van der Waals surface area contributed by atoms with Crippen molar-refractivity contribution in [3.8, 4) is 0 Å². The predicted octanol–water partition coefficient (Wildman–Crippen LogP) is 1.97. The normalized spacial score (nSPS) is 28.2. The quantitative estimate of drug-likeness (QED) is 0.881. The first-order valence-electron chi connectivity index (χ1n) is 7.82. The Morgan fingerprint density at radius 3 is 2.39 bits per heavy atom. The number of carbonyl (C=O) groups is 2. The smallest absolute Gasteiger partial charge is 0.228 e. The number of carboxylic acids is 1. The van der Waals surface area contributed by atoms with Gasteiger partial charge in [-0.25, -0.2) is 0 Å². The van der Waals surface area contributed by atoms with Crippen LogP contribution in [0.2, 0.25) is 0 Å². The van der Waals surface area contributed by atoms with E-state index in [9.17, 15) is 14.7 Å². The first-order valence-corrected chi connectivity index (χ1v) is 7.82. The van der Waals surface area contributed by atoms with Crippen LogP contribution in [-0.2, 0) is 9.59 Å². The summed E-state index contributed by atoms with van der Waals surface area (Å²) >= 11 is 0. The van der Waals surface area contributed by atoms with Crippen LogP contribution in [0.3, 0.4) is 0 Å². The van der Waals surface area contributed by atoms with Crippen LogP contribution in [0.1, 0.15) is 6.42 Å². The molecule has 0 unspecified atom stereocenters. The highest BCUT2D eigenvalue weighted by atomic mass is 16.4. The Morgan fingerprint density at radius 1 is 0.957 bits per heavy atom. The number of amides is 1. The van der Waals surface area contributed by atoms with E-state index in [-0.39, 0.29) is 17.7 Å². The predicted molar refractivity (Wildman–Crippen MR) is 85.3 cm³/mol. The highest BCUT2D eigenvalue weighted by Crippen LogP contribution is 2.48. The Balaban J connectivity index is 1.59. The average molecular weight is 306 g/mol. The molecule has 0 spiro atoms. The van der Waals surface area contributed by atoms with Crippen molar-refractivity contribution in [2.75, 3.05) is 5.32 Å². The molecule has 2 aliphatic carbocycles. The number of carbonyl (C=O) groups excluding carboxylic acids is 2. The standard InChI is InChI=1S/C19H17NO3/c21-18(16-13-5-6-14(9-13)17(16)19(22)23)20-15-8-7-11-3-1-2-4-12(11)10-15/h1-8,10,13-14,16-17H,9H2,(H,20,21)(H,22,23)/p-1/t13-,14-,16+,17-/m0/s1. The zero-order valence-electron chi connectivity index (χ0n) is 12.4. The highest BCUT2D eigenvalue weighted by Gasteiger charge is 2.48. The summed E-state index contributed by atoms with van der Waals surface area (Å²) in [4.78, 5) is 24.0. The molecule has 2 aromatic carbocycles. The number of rotatable bonds is 3. The van der Waals surface area contributed by atoms with Gasteiger partial charge in [-0.05, 0) is 41.2 Å². The number of benzene rings is 2. The molecule has 2 aromatic rings. The third-order valence-electron chi connectivity index (χ3n) is 5.05. The van der Waals surface area contributed by atoms with Crippen LogP contribution in [0, 0.1) is 23.7 Å². The van der Waals surface area contributed by atoms with Crippen molar-refractivity contribution < 1.29 is 14.7 Å². The molecule has 2 bridgehead atoms. The Bertz CT molecular complexity index is 826. The fourth-order valence-corrected chi connectivity index (χ4v) is 3.99. The van der Waals surface area contributed by atoms with E-state index in [1.54, 1.807) is 0 Å². The molecule has 116 valence electrons. The lowest BCUT2D eigenvalue weighted by molar-refractivity contribution is -0.313. The zero-order valence-corrected chi connectivity index (χ0v) is 12.4. The monoisotopic (exact) mass is 306 g/mol. The summed E-state index contributed by atoms with van der Waals surface area (Å²) in [5.74, 6) is -2.68. The summed E-state index contributed by atoms with van der Waals surface area (Å²) in [6.45, 7) is 0. The second kappa shape index (κ2) is 5.23. The van der Waals surface area contributed by atoms with Crippen molar-refractivity contribution in [1.29, 1.82) is 0 Å². The van der Waals surface area contributed by atoms with Gasteiger partial charge >= 0.3 is 0 Å². The number of nitrogens with one attached hydrogen (secondary N) is 1. The fourth-order valence-electron chi connectivity index (χ4n) is 3.99. The first kappa shape index (κ1) is 14.0. The van der Waals surface area contributed by atoms with Gasteiger partial charge in [0, 0.05) is 17.6 Å². The number of aliphatic carboxylic acids is 1. The summed E-state index contributed by atoms with van der Waals surface area (Å²) in [7, 11) is 0. The molecule has 0 heterocycles. The molecule has 0 radical (unpaired) electrons. The largest absolute Gasteiger partial charge is 0.550 e. The SMILES string of the molecule is O=C([O-])[C@@H]1[C@H](C(=O)Nc2ccc3ccccc3c2)[C@H]2C=C[C@H]1C2. The Labute approximate surface area is 133 Å². The first-order chi connectivity index (χ1) is 11.1. The van der Waals surface area contributed by atoms with Crippen LogP contribution in [-0.4, -0.2) is 11.9 Å². The lowest BCUT2D eigenvalue weighted by Crippen LogP contribution is -2.42. The van der Waals surface area contributed by atoms with Crippen molar-refractivity contribution in [2.24, 2.45) is 23.7 Å². The molecule has 1 fully saturated rings. The fraction of sp³-hybridized carbons (Fsp3) is 0.263. The van der Waals surface area contributed by atoms with Crippen LogP contribution < -0.4 is 10.4 Å². The maximum atomic E-state index is 12.6. The van der Waals surface area contributed by atoms with Gasteiger partial charge < -0.3 is 15.2 Å². The molecule has 0 saturated heterocycles. The van der Waals surface area contributed by atoms with Gasteiger partial charge in [-0.15, -0.1) is 0 Å². The van der Waals surface area contributed by atoms with Gasteiger partial charge in [0.2, 0.25) is 5.91 Å². The molecule has 1 saturated carbocycles. The number of hydrogen-bond acceptors (Lipinski definition) is 3. The highest BCUT2D eigenvalue weighted by molar-refractivity contribution is 5.98. The number of anilines is 1. The van der Waals surface area contributed by atoms with E-state index in [1.807, 2.05) is 54.6 Å². The van der Waals surface area contributed by atoms with E-state index in [2.05, 4.69) is 5.32 Å². The molecule has 4 rings (SSSR count). The topological polar surface area (TPSA) is 69.2 Å². The second-order valence-electron chi connectivity index (χ2n) is 6.37. The maximum Gasteiger partial charge on any atom is 0.228 e. The van der Waals surface area contributed by atoms with E-state index < -0.39 is 17.8 Å². The van der Waals surface area contributed by atoms with Gasteiger partial charge in [0.05, 0.1) is 5.92 Å². The molecule has 1 amide bonds. The van der Waals surface area contributed by atoms with E-state index >= 15 is 0 Å². The van der Waals surface area contributed by atoms with Crippen LogP contribution >= 0.6 is 0 Å². The molecule has 4 nitrogen and oxygen atoms in total. The van der Waals surface area contributed by atoms with Gasteiger partial charge in [-0.1, -0.05) is 42.5 Å². The van der Waals surface area contributed by atoms with Gasteiger partial charge in [0.25, 0.3) is 0 Å². The number of fused-ring (bicyclic) bond motifs is 3. The molecule has 2 aliphatic rings. The second-order valence-corrected chi connectivity index (χ2v) is 6.37. The number of carboxylic acid groups (broad SMARTS) is 1. The van der Waals surface area contributed by atoms with Gasteiger partial charge in [-0.3, -0.25) is 4.79 Å². The number of allylic oxidation sites excluding steroid dienone is 2. The molecule has 1 N–H and O–H groups in total. The van der Waals surface area contributed by atoms with Gasteiger partial charge in [0.15, 0.2) is 0 Å². The van der Waals surface area contributed by atoms with Crippen molar-refractivity contribution >= 4 is 28.3 Å². The molecule has 0 aliphatic heterocycles. The maximum absolute atomic E-state index is 12.6. The van der Waals surface area contributed by atoms with Crippen LogP contribution in [0.15, 0.2) is 54.6 Å². The Kier molecular flexibility index (Phi) is 3.18. The van der Waals surface area contributed by atoms with E-state index in [1.165, 1.54) is 0 Å². The molecular formula is C19H16NO3-. The van der Waals surface area contributed by atoms with E-state index in [4.69, 9.17) is 0 Å². The van der Waals surface area contributed by atoms with Gasteiger partial charge in [0.1, 0.15) is 0 Å². The lowest BCUT2D eigenvalue weighted by Gasteiger charge is -2.27. The summed E-state index contributed by atoms with van der Waals surface area (Å²) in [5.41, 5.74) is 0.692. The Hall–Kier alpha value is -2.62. The molecule has 0 aromatic heterocycles. The third-order valence-corrected chi connectivity index (χ3v) is 5.05. The van der Waals surface area contributed by atoms with Crippen LogP contribution in [0.25, 0.3) is 10.8 Å². The number of hydrogen-bond donors (Lipinski definition) is 1. The summed E-state index contributed by atoms with van der Waals surface area (Å²) < 4.78 is 0. The van der Waals surface area contributed by atoms with Crippen molar-refractivity contribution in [2.45, 2.75) is 6.42 Å². The van der Waals surface area contributed by atoms with Crippen LogP contribution in [0.4, 0.5) is 5.69 Å². The van der Waals surface area contributed by atoms with Crippen molar-refractivity contribution in [3.05, 3.63) is 54.6 Å². The molecule has 4 atom stereocenters. The minimum absolute atomic E-state index is 0.00311. The van der Waals surface area contributed by atoms with Gasteiger partial charge in [-0.2, -0.15) is 0 Å². The lowest BCUT2D eigenvalue weighted by atomic mass is 9.82. The van der Waals surface area contributed by atoms with Crippen molar-refractivity contribution in [1.82, 2.24) is 0 Å². The minimum Gasteiger partial charge on any atom is -0.550 e. The zero-order chi connectivity index (χ0) is 16.0. The average Bonchev–Trinajstić information content (AvgIpc) is 3.15. The molecule has 4 heteroatoms. The minimum atomic E-state index is -1.12. The third kappa shape index (κ3) is 2.31. The van der Waals surface area contributed by atoms with Crippen molar-refractivity contribution in [3.63, 3.8) is 0 Å². The van der Waals surface area contributed by atoms with E-state index in [0.29, 0.717) is 5.69 Å². The Morgan fingerprint density at radius 2 is 1.65 bits per heavy atom. The molecule has 23 heavy (non-hydrogen) atoms.